The summed E-state index contributed by atoms with van der Waals surface area (Å²) >= 11 is 0. The SMILES string of the molecule is CCC(CC)C(=O)Cc1cc(F)ccc1C. The second-order valence-corrected chi connectivity index (χ2v) is 4.23. The number of rotatable bonds is 5. The van der Waals surface area contributed by atoms with Gasteiger partial charge in [0.05, 0.1) is 0 Å². The summed E-state index contributed by atoms with van der Waals surface area (Å²) in [4.78, 5) is 11.9. The van der Waals surface area contributed by atoms with Crippen molar-refractivity contribution < 1.29 is 9.18 Å². The largest absolute Gasteiger partial charge is 0.299 e. The summed E-state index contributed by atoms with van der Waals surface area (Å²) in [5.41, 5.74) is 1.80. The molecular formula is C14H19FO. The van der Waals surface area contributed by atoms with Crippen molar-refractivity contribution >= 4 is 5.78 Å². The maximum absolute atomic E-state index is 13.1. The van der Waals surface area contributed by atoms with Gasteiger partial charge in [-0.25, -0.2) is 4.39 Å². The van der Waals surface area contributed by atoms with Crippen LogP contribution in [-0.4, -0.2) is 5.78 Å². The molecule has 0 heterocycles. The minimum absolute atomic E-state index is 0.114. The first-order chi connectivity index (χ1) is 7.58. The molecule has 0 aromatic heterocycles. The van der Waals surface area contributed by atoms with Crippen LogP contribution in [0.4, 0.5) is 4.39 Å². The van der Waals surface area contributed by atoms with Crippen LogP contribution >= 0.6 is 0 Å². The zero-order chi connectivity index (χ0) is 12.1. The standard InChI is InChI=1S/C14H19FO/c1-4-11(5-2)14(16)9-12-8-13(15)7-6-10(12)3/h6-8,11H,4-5,9H2,1-3H3. The third kappa shape index (κ3) is 3.16. The summed E-state index contributed by atoms with van der Waals surface area (Å²) in [6, 6.07) is 4.63. The van der Waals surface area contributed by atoms with Gasteiger partial charge in [0.15, 0.2) is 0 Å². The van der Waals surface area contributed by atoms with E-state index in [-0.39, 0.29) is 17.5 Å². The molecule has 1 nitrogen and oxygen atoms in total. The van der Waals surface area contributed by atoms with Crippen molar-refractivity contribution in [3.8, 4) is 0 Å². The number of benzene rings is 1. The van der Waals surface area contributed by atoms with E-state index in [9.17, 15) is 9.18 Å². The van der Waals surface area contributed by atoms with E-state index in [2.05, 4.69) is 0 Å². The predicted octanol–water partition coefficient (Wildman–Crippen LogP) is 3.68. The lowest BCUT2D eigenvalue weighted by Crippen LogP contribution is -2.15. The van der Waals surface area contributed by atoms with Gasteiger partial charge in [0.25, 0.3) is 0 Å². The molecule has 0 aliphatic carbocycles. The highest BCUT2D eigenvalue weighted by molar-refractivity contribution is 5.83. The number of hydrogen-bond acceptors (Lipinski definition) is 1. The second kappa shape index (κ2) is 5.78. The molecule has 0 atom stereocenters. The summed E-state index contributed by atoms with van der Waals surface area (Å²) in [5, 5.41) is 0. The molecule has 88 valence electrons. The van der Waals surface area contributed by atoms with Gasteiger partial charge in [-0.1, -0.05) is 19.9 Å². The van der Waals surface area contributed by atoms with Gasteiger partial charge >= 0.3 is 0 Å². The minimum atomic E-state index is -0.266. The number of Topliss-reactive ketones (excluding diaryl/α,β-unsaturated/α-hetero) is 1. The Morgan fingerprint density at radius 3 is 2.50 bits per heavy atom. The third-order valence-corrected chi connectivity index (χ3v) is 3.12. The molecule has 0 aliphatic heterocycles. The highest BCUT2D eigenvalue weighted by Crippen LogP contribution is 2.16. The quantitative estimate of drug-likeness (QED) is 0.742. The minimum Gasteiger partial charge on any atom is -0.299 e. The van der Waals surface area contributed by atoms with Crippen molar-refractivity contribution in [2.24, 2.45) is 5.92 Å². The fourth-order valence-electron chi connectivity index (χ4n) is 1.91. The summed E-state index contributed by atoms with van der Waals surface area (Å²) < 4.78 is 13.1. The number of ketones is 1. The van der Waals surface area contributed by atoms with Crippen molar-refractivity contribution in [3.63, 3.8) is 0 Å². The van der Waals surface area contributed by atoms with Crippen LogP contribution in [0.5, 0.6) is 0 Å². The Labute approximate surface area is 96.7 Å². The van der Waals surface area contributed by atoms with E-state index in [4.69, 9.17) is 0 Å². The molecule has 16 heavy (non-hydrogen) atoms. The number of hydrogen-bond donors (Lipinski definition) is 0. The van der Waals surface area contributed by atoms with Gasteiger partial charge in [-0.05, 0) is 43.0 Å². The smallest absolute Gasteiger partial charge is 0.140 e. The molecule has 1 aromatic carbocycles. The van der Waals surface area contributed by atoms with Gasteiger partial charge in [0.1, 0.15) is 11.6 Å². The summed E-state index contributed by atoms with van der Waals surface area (Å²) in [6.45, 7) is 5.95. The number of halogens is 1. The van der Waals surface area contributed by atoms with Crippen molar-refractivity contribution in [2.75, 3.05) is 0 Å². The lowest BCUT2D eigenvalue weighted by molar-refractivity contribution is -0.122. The molecule has 2 heteroatoms. The lowest BCUT2D eigenvalue weighted by atomic mass is 9.92. The number of carbonyl (C=O) groups excluding carboxylic acids is 1. The van der Waals surface area contributed by atoms with Crippen LogP contribution in [0.1, 0.15) is 37.8 Å². The van der Waals surface area contributed by atoms with Crippen molar-refractivity contribution in [2.45, 2.75) is 40.0 Å². The Kier molecular flexibility index (Phi) is 4.66. The first-order valence-corrected chi connectivity index (χ1v) is 5.86. The zero-order valence-corrected chi connectivity index (χ0v) is 10.2. The van der Waals surface area contributed by atoms with E-state index >= 15 is 0 Å². The average molecular weight is 222 g/mol. The van der Waals surface area contributed by atoms with E-state index in [0.29, 0.717) is 6.42 Å². The van der Waals surface area contributed by atoms with Gasteiger partial charge in [0, 0.05) is 12.3 Å². The van der Waals surface area contributed by atoms with Crippen LogP contribution in [0.2, 0.25) is 0 Å². The van der Waals surface area contributed by atoms with Crippen LogP contribution in [0.3, 0.4) is 0 Å². The normalized spacial score (nSPS) is 10.8. The molecule has 1 rings (SSSR count). The van der Waals surface area contributed by atoms with Crippen LogP contribution in [0.25, 0.3) is 0 Å². The molecule has 0 bridgehead atoms. The average Bonchev–Trinajstić information content (AvgIpc) is 2.25. The molecule has 0 amide bonds. The van der Waals surface area contributed by atoms with Crippen LogP contribution in [0.15, 0.2) is 18.2 Å². The fourth-order valence-corrected chi connectivity index (χ4v) is 1.91. The van der Waals surface area contributed by atoms with Gasteiger partial charge in [-0.15, -0.1) is 0 Å². The zero-order valence-electron chi connectivity index (χ0n) is 10.2. The van der Waals surface area contributed by atoms with Gasteiger partial charge in [-0.3, -0.25) is 4.79 Å². The molecule has 0 N–H and O–H groups in total. The Bertz CT molecular complexity index is 367. The highest BCUT2D eigenvalue weighted by Gasteiger charge is 2.15. The van der Waals surface area contributed by atoms with Crippen molar-refractivity contribution in [1.82, 2.24) is 0 Å². The first-order valence-electron chi connectivity index (χ1n) is 5.86. The molecule has 0 aliphatic rings. The molecule has 1 aromatic rings. The second-order valence-electron chi connectivity index (χ2n) is 4.23. The number of aryl methyl sites for hydroxylation is 1. The molecule has 0 fully saturated rings. The topological polar surface area (TPSA) is 17.1 Å². The van der Waals surface area contributed by atoms with Crippen molar-refractivity contribution in [1.29, 1.82) is 0 Å². The molecule has 0 unspecified atom stereocenters. The monoisotopic (exact) mass is 222 g/mol. The van der Waals surface area contributed by atoms with E-state index < -0.39 is 0 Å². The maximum Gasteiger partial charge on any atom is 0.140 e. The van der Waals surface area contributed by atoms with E-state index in [1.54, 1.807) is 6.07 Å². The molecule has 0 radical (unpaired) electrons. The maximum atomic E-state index is 13.1. The van der Waals surface area contributed by atoms with Gasteiger partial charge in [-0.2, -0.15) is 0 Å². The fraction of sp³-hybridized carbons (Fsp3) is 0.500. The summed E-state index contributed by atoms with van der Waals surface area (Å²) in [6.07, 6.45) is 2.09. The predicted molar refractivity (Wildman–Crippen MR) is 63.9 cm³/mol. The Hall–Kier alpha value is -1.18. The van der Waals surface area contributed by atoms with Gasteiger partial charge in [0.2, 0.25) is 0 Å². The van der Waals surface area contributed by atoms with E-state index in [0.717, 1.165) is 24.0 Å². The summed E-state index contributed by atoms with van der Waals surface area (Å²) in [7, 11) is 0. The van der Waals surface area contributed by atoms with E-state index in [1.165, 1.54) is 12.1 Å². The van der Waals surface area contributed by atoms with Crippen molar-refractivity contribution in [3.05, 3.63) is 35.1 Å². The molecular weight excluding hydrogens is 203 g/mol. The van der Waals surface area contributed by atoms with Crippen LogP contribution < -0.4 is 0 Å². The first kappa shape index (κ1) is 12.9. The Morgan fingerprint density at radius 1 is 1.31 bits per heavy atom. The lowest BCUT2D eigenvalue weighted by Gasteiger charge is -2.12. The molecule has 0 spiro atoms. The van der Waals surface area contributed by atoms with Crippen LogP contribution in [-0.2, 0) is 11.2 Å². The Balaban J connectivity index is 2.80. The highest BCUT2D eigenvalue weighted by atomic mass is 19.1. The third-order valence-electron chi connectivity index (χ3n) is 3.12. The molecule has 0 saturated carbocycles. The van der Waals surface area contributed by atoms with E-state index in [1.807, 2.05) is 20.8 Å². The summed E-state index contributed by atoms with van der Waals surface area (Å²) in [5.74, 6) is 0.0688. The molecule has 0 saturated heterocycles. The van der Waals surface area contributed by atoms with Crippen LogP contribution in [0, 0.1) is 18.7 Å². The van der Waals surface area contributed by atoms with Gasteiger partial charge < -0.3 is 0 Å². The Morgan fingerprint density at radius 2 is 1.94 bits per heavy atom. The number of carbonyl (C=O) groups is 1.